The van der Waals surface area contributed by atoms with E-state index in [1.807, 2.05) is 0 Å². The van der Waals surface area contributed by atoms with E-state index in [4.69, 9.17) is 0 Å². The highest BCUT2D eigenvalue weighted by Gasteiger charge is 2.51. The van der Waals surface area contributed by atoms with Gasteiger partial charge in [0.25, 0.3) is 0 Å². The zero-order valence-corrected chi connectivity index (χ0v) is 10.9. The summed E-state index contributed by atoms with van der Waals surface area (Å²) >= 11 is 0. The summed E-state index contributed by atoms with van der Waals surface area (Å²) in [6.45, 7) is 2.17. The van der Waals surface area contributed by atoms with Gasteiger partial charge in [-0.15, -0.1) is 0 Å². The van der Waals surface area contributed by atoms with Gasteiger partial charge in [0.15, 0.2) is 0 Å². The molecule has 4 rings (SSSR count). The molecule has 0 spiro atoms. The Labute approximate surface area is 105 Å². The fourth-order valence-corrected chi connectivity index (χ4v) is 5.11. The molecule has 1 atom stereocenters. The van der Waals surface area contributed by atoms with Gasteiger partial charge in [-0.3, -0.25) is 5.32 Å². The van der Waals surface area contributed by atoms with Crippen LogP contribution in [0.3, 0.4) is 0 Å². The molecule has 0 radical (unpaired) electrons. The minimum atomic E-state index is 0.0937. The summed E-state index contributed by atoms with van der Waals surface area (Å²) < 4.78 is 0. The average Bonchev–Trinajstić information content (AvgIpc) is 2.26. The maximum absolute atomic E-state index is 9.25. The molecule has 2 heteroatoms. The number of hydrogen-bond donors (Lipinski definition) is 1. The Balaban J connectivity index is 1.71. The molecule has 0 saturated heterocycles. The number of nitrogens with zero attached hydrogens (tertiary/aromatic N) is 1. The summed E-state index contributed by atoms with van der Waals surface area (Å²) in [5.41, 5.74) is 0.352. The molecule has 0 aromatic heterocycles. The molecule has 0 aromatic carbocycles. The number of nitrogens with one attached hydrogen (secondary N) is 1. The summed E-state index contributed by atoms with van der Waals surface area (Å²) in [7, 11) is 0. The molecule has 4 aliphatic carbocycles. The lowest BCUT2D eigenvalue weighted by Gasteiger charge is -2.57. The predicted octanol–water partition coefficient (Wildman–Crippen LogP) is 3.24. The van der Waals surface area contributed by atoms with E-state index in [0.717, 1.165) is 30.6 Å². The lowest BCUT2D eigenvalue weighted by Crippen LogP contribution is -2.60. The van der Waals surface area contributed by atoms with Crippen molar-refractivity contribution in [2.75, 3.05) is 0 Å². The molecule has 4 aliphatic rings. The molecule has 4 bridgehead atoms. The molecule has 2 nitrogen and oxygen atoms in total. The summed E-state index contributed by atoms with van der Waals surface area (Å²) in [5, 5.41) is 13.0. The average molecular weight is 232 g/mol. The third-order valence-electron chi connectivity index (χ3n) is 5.25. The van der Waals surface area contributed by atoms with Crippen LogP contribution in [0.15, 0.2) is 0 Å². The van der Waals surface area contributed by atoms with Crippen molar-refractivity contribution in [2.24, 2.45) is 17.8 Å². The second-order valence-electron chi connectivity index (χ2n) is 6.81. The van der Waals surface area contributed by atoms with Crippen molar-refractivity contribution in [1.29, 1.82) is 5.26 Å². The van der Waals surface area contributed by atoms with Crippen LogP contribution in [0.2, 0.25) is 0 Å². The van der Waals surface area contributed by atoms with Crippen molar-refractivity contribution in [1.82, 2.24) is 5.32 Å². The normalized spacial score (nSPS) is 44.6. The van der Waals surface area contributed by atoms with Gasteiger partial charge >= 0.3 is 0 Å². The first-order valence-corrected chi connectivity index (χ1v) is 7.40. The van der Waals surface area contributed by atoms with Gasteiger partial charge < -0.3 is 0 Å². The van der Waals surface area contributed by atoms with E-state index >= 15 is 0 Å². The molecule has 4 fully saturated rings. The zero-order chi connectivity index (χ0) is 11.9. The summed E-state index contributed by atoms with van der Waals surface area (Å²) in [6, 6.07) is 2.56. The van der Waals surface area contributed by atoms with E-state index in [-0.39, 0.29) is 6.04 Å². The smallest absolute Gasteiger partial charge is 0.0957 e. The topological polar surface area (TPSA) is 35.8 Å². The van der Waals surface area contributed by atoms with E-state index in [9.17, 15) is 5.26 Å². The highest BCUT2D eigenvalue weighted by Crippen LogP contribution is 2.55. The molecule has 1 unspecified atom stereocenters. The van der Waals surface area contributed by atoms with E-state index < -0.39 is 0 Å². The summed E-state index contributed by atoms with van der Waals surface area (Å²) in [6.07, 6.45) is 10.6. The van der Waals surface area contributed by atoms with Crippen molar-refractivity contribution in [3.8, 4) is 6.07 Å². The van der Waals surface area contributed by atoms with Gasteiger partial charge in [-0.2, -0.15) is 5.26 Å². The maximum Gasteiger partial charge on any atom is 0.0957 e. The van der Waals surface area contributed by atoms with Gasteiger partial charge in [0.05, 0.1) is 12.1 Å². The Hall–Kier alpha value is -0.550. The van der Waals surface area contributed by atoms with Gasteiger partial charge in [0.1, 0.15) is 0 Å². The van der Waals surface area contributed by atoms with Crippen molar-refractivity contribution in [3.63, 3.8) is 0 Å². The molecular weight excluding hydrogens is 208 g/mol. The molecule has 4 saturated carbocycles. The second-order valence-corrected chi connectivity index (χ2v) is 6.81. The number of rotatable bonds is 4. The molecule has 94 valence electrons. The van der Waals surface area contributed by atoms with Gasteiger partial charge in [-0.1, -0.05) is 13.3 Å². The van der Waals surface area contributed by atoms with E-state index in [1.54, 1.807) is 0 Å². The minimum absolute atomic E-state index is 0.0937. The van der Waals surface area contributed by atoms with Crippen LogP contribution in [-0.2, 0) is 0 Å². The summed E-state index contributed by atoms with van der Waals surface area (Å²) in [4.78, 5) is 0. The molecular formula is C15H24N2. The minimum Gasteiger partial charge on any atom is -0.296 e. The van der Waals surface area contributed by atoms with Crippen LogP contribution in [0.25, 0.3) is 0 Å². The van der Waals surface area contributed by atoms with Crippen LogP contribution >= 0.6 is 0 Å². The van der Waals surface area contributed by atoms with E-state index in [2.05, 4.69) is 18.3 Å². The maximum atomic E-state index is 9.25. The molecule has 0 heterocycles. The fraction of sp³-hybridized carbons (Fsp3) is 0.933. The van der Waals surface area contributed by atoms with Gasteiger partial charge in [-0.25, -0.2) is 0 Å². The first-order chi connectivity index (χ1) is 8.23. The van der Waals surface area contributed by atoms with Gasteiger partial charge in [0.2, 0.25) is 0 Å². The first-order valence-electron chi connectivity index (χ1n) is 7.40. The van der Waals surface area contributed by atoms with Crippen LogP contribution in [0.5, 0.6) is 0 Å². The van der Waals surface area contributed by atoms with E-state index in [0.29, 0.717) is 5.54 Å². The SMILES string of the molecule is CCCC(C#N)NC12CC3CC(CC(C3)C1)C2. The quantitative estimate of drug-likeness (QED) is 0.807. The Morgan fingerprint density at radius 3 is 2.12 bits per heavy atom. The van der Waals surface area contributed by atoms with Crippen LogP contribution in [0.4, 0.5) is 0 Å². The first kappa shape index (κ1) is 11.5. The Morgan fingerprint density at radius 1 is 1.18 bits per heavy atom. The largest absolute Gasteiger partial charge is 0.296 e. The molecule has 0 aromatic rings. The lowest BCUT2D eigenvalue weighted by atomic mass is 9.53. The van der Waals surface area contributed by atoms with Crippen molar-refractivity contribution in [2.45, 2.75) is 69.9 Å². The highest BCUT2D eigenvalue weighted by atomic mass is 15.0. The predicted molar refractivity (Wildman–Crippen MR) is 68.3 cm³/mol. The summed E-state index contributed by atoms with van der Waals surface area (Å²) in [5.74, 6) is 2.90. The third-order valence-corrected chi connectivity index (χ3v) is 5.25. The van der Waals surface area contributed by atoms with Crippen molar-refractivity contribution >= 4 is 0 Å². The molecule has 0 amide bonds. The van der Waals surface area contributed by atoms with Crippen LogP contribution in [0, 0.1) is 29.1 Å². The van der Waals surface area contributed by atoms with Crippen molar-refractivity contribution in [3.05, 3.63) is 0 Å². The third kappa shape index (κ3) is 2.10. The highest BCUT2D eigenvalue weighted by molar-refractivity contribution is 5.09. The van der Waals surface area contributed by atoms with E-state index in [1.165, 1.54) is 38.5 Å². The Bertz CT molecular complexity index is 293. The van der Waals surface area contributed by atoms with Gasteiger partial charge in [0, 0.05) is 5.54 Å². The van der Waals surface area contributed by atoms with Crippen LogP contribution in [-0.4, -0.2) is 11.6 Å². The molecule has 0 aliphatic heterocycles. The van der Waals surface area contributed by atoms with Crippen LogP contribution in [0.1, 0.15) is 58.3 Å². The monoisotopic (exact) mass is 232 g/mol. The number of nitriles is 1. The Kier molecular flexibility index (Phi) is 2.91. The Morgan fingerprint density at radius 2 is 1.71 bits per heavy atom. The molecule has 1 N–H and O–H groups in total. The molecule has 17 heavy (non-hydrogen) atoms. The van der Waals surface area contributed by atoms with Crippen LogP contribution < -0.4 is 5.32 Å². The van der Waals surface area contributed by atoms with Crippen molar-refractivity contribution < 1.29 is 0 Å². The standard InChI is InChI=1S/C15H24N2/c1-2-3-14(10-16)17-15-7-11-4-12(8-15)6-13(5-11)9-15/h11-14,17H,2-9H2,1H3. The lowest BCUT2D eigenvalue weighted by molar-refractivity contribution is -0.0228. The zero-order valence-electron chi connectivity index (χ0n) is 10.9. The number of hydrogen-bond acceptors (Lipinski definition) is 2. The fourth-order valence-electron chi connectivity index (χ4n) is 5.11. The second kappa shape index (κ2) is 4.28. The van der Waals surface area contributed by atoms with Gasteiger partial charge in [-0.05, 0) is 62.7 Å².